The standard InChI is InChI=1S/C24H27ClN4O2/c25-19-5-7-20(8-6-19)29-17-26-22-9-4-18(15-23(22)29)24(30)28-11-2-10-27(12-13-28)16-21-3-1-14-31-21/h4-9,15,17,21H,1-3,10-14,16H2. The molecule has 1 atom stereocenters. The van der Waals surface area contributed by atoms with Gasteiger partial charge >= 0.3 is 0 Å². The van der Waals surface area contributed by atoms with E-state index in [9.17, 15) is 4.79 Å². The Morgan fingerprint density at radius 3 is 2.74 bits per heavy atom. The van der Waals surface area contributed by atoms with Crippen LogP contribution in [-0.2, 0) is 4.74 Å². The molecule has 2 saturated heterocycles. The Balaban J connectivity index is 1.32. The van der Waals surface area contributed by atoms with Gasteiger partial charge in [0.1, 0.15) is 6.33 Å². The molecule has 1 aromatic heterocycles. The number of imidazole rings is 1. The molecule has 2 aliphatic heterocycles. The number of ether oxygens (including phenoxy) is 1. The van der Waals surface area contributed by atoms with Crippen LogP contribution >= 0.6 is 11.6 Å². The number of benzene rings is 2. The van der Waals surface area contributed by atoms with Crippen molar-refractivity contribution in [2.24, 2.45) is 0 Å². The van der Waals surface area contributed by atoms with Gasteiger partial charge in [-0.05, 0) is 68.3 Å². The van der Waals surface area contributed by atoms with E-state index < -0.39 is 0 Å². The fourth-order valence-electron chi connectivity index (χ4n) is 4.56. The first kappa shape index (κ1) is 20.5. The van der Waals surface area contributed by atoms with Crippen LogP contribution in [0.1, 0.15) is 29.6 Å². The third-order valence-electron chi connectivity index (χ3n) is 6.26. The molecule has 162 valence electrons. The zero-order chi connectivity index (χ0) is 21.2. The number of carbonyl (C=O) groups is 1. The van der Waals surface area contributed by atoms with Crippen LogP contribution in [0.15, 0.2) is 48.8 Å². The minimum absolute atomic E-state index is 0.0877. The second kappa shape index (κ2) is 8.99. The minimum Gasteiger partial charge on any atom is -0.377 e. The summed E-state index contributed by atoms with van der Waals surface area (Å²) in [4.78, 5) is 22.2. The van der Waals surface area contributed by atoms with E-state index in [1.807, 2.05) is 51.9 Å². The first-order valence-electron chi connectivity index (χ1n) is 11.0. The lowest BCUT2D eigenvalue weighted by Crippen LogP contribution is -2.37. The van der Waals surface area contributed by atoms with Crippen molar-refractivity contribution >= 4 is 28.5 Å². The molecule has 0 N–H and O–H groups in total. The van der Waals surface area contributed by atoms with Crippen LogP contribution in [0.25, 0.3) is 16.7 Å². The van der Waals surface area contributed by atoms with Crippen molar-refractivity contribution in [1.82, 2.24) is 19.4 Å². The lowest BCUT2D eigenvalue weighted by molar-refractivity contribution is 0.0704. The predicted octanol–water partition coefficient (Wildman–Crippen LogP) is 4.01. The molecule has 1 amide bonds. The number of rotatable bonds is 4. The van der Waals surface area contributed by atoms with E-state index >= 15 is 0 Å². The number of halogens is 1. The van der Waals surface area contributed by atoms with Gasteiger partial charge in [-0.2, -0.15) is 0 Å². The average molecular weight is 439 g/mol. The number of amides is 1. The zero-order valence-corrected chi connectivity index (χ0v) is 18.3. The predicted molar refractivity (Wildman–Crippen MR) is 122 cm³/mol. The molecule has 2 fully saturated rings. The van der Waals surface area contributed by atoms with Gasteiger partial charge in [-0.25, -0.2) is 4.98 Å². The lowest BCUT2D eigenvalue weighted by atomic mass is 10.1. The first-order valence-corrected chi connectivity index (χ1v) is 11.4. The molecule has 2 aromatic carbocycles. The third kappa shape index (κ3) is 4.47. The van der Waals surface area contributed by atoms with Crippen molar-refractivity contribution in [3.05, 3.63) is 59.4 Å². The van der Waals surface area contributed by atoms with Gasteiger partial charge in [-0.15, -0.1) is 0 Å². The summed E-state index contributed by atoms with van der Waals surface area (Å²) in [7, 11) is 0. The maximum atomic E-state index is 13.3. The molecule has 1 unspecified atom stereocenters. The quantitative estimate of drug-likeness (QED) is 0.617. The second-order valence-electron chi connectivity index (χ2n) is 8.38. The number of hydrogen-bond acceptors (Lipinski definition) is 4. The number of carbonyl (C=O) groups excluding carboxylic acids is 1. The van der Waals surface area contributed by atoms with E-state index in [1.54, 1.807) is 6.33 Å². The summed E-state index contributed by atoms with van der Waals surface area (Å²) in [6.07, 6.45) is 5.46. The van der Waals surface area contributed by atoms with Crippen molar-refractivity contribution in [2.75, 3.05) is 39.3 Å². The molecule has 3 aromatic rings. The molecule has 0 bridgehead atoms. The maximum absolute atomic E-state index is 13.3. The summed E-state index contributed by atoms with van der Waals surface area (Å²) < 4.78 is 7.78. The highest BCUT2D eigenvalue weighted by molar-refractivity contribution is 6.30. The number of aromatic nitrogens is 2. The van der Waals surface area contributed by atoms with Crippen LogP contribution < -0.4 is 0 Å². The summed E-state index contributed by atoms with van der Waals surface area (Å²) in [5, 5.41) is 0.693. The Morgan fingerprint density at radius 1 is 1.06 bits per heavy atom. The van der Waals surface area contributed by atoms with Crippen LogP contribution in [0, 0.1) is 0 Å². The highest BCUT2D eigenvalue weighted by atomic mass is 35.5. The topological polar surface area (TPSA) is 50.6 Å². The molecule has 0 radical (unpaired) electrons. The van der Waals surface area contributed by atoms with Gasteiger partial charge in [0.25, 0.3) is 5.91 Å². The molecule has 6 nitrogen and oxygen atoms in total. The van der Waals surface area contributed by atoms with Crippen LogP contribution in [0.2, 0.25) is 5.02 Å². The second-order valence-corrected chi connectivity index (χ2v) is 8.81. The van der Waals surface area contributed by atoms with Crippen molar-refractivity contribution in [1.29, 1.82) is 0 Å². The van der Waals surface area contributed by atoms with Gasteiger partial charge in [0, 0.05) is 49.1 Å². The van der Waals surface area contributed by atoms with Crippen LogP contribution in [-0.4, -0.2) is 70.7 Å². The van der Waals surface area contributed by atoms with E-state index in [-0.39, 0.29) is 5.91 Å². The van der Waals surface area contributed by atoms with Crippen molar-refractivity contribution in [3.8, 4) is 5.69 Å². The van der Waals surface area contributed by atoms with Crippen LogP contribution in [0.3, 0.4) is 0 Å². The van der Waals surface area contributed by atoms with E-state index in [2.05, 4.69) is 9.88 Å². The molecular formula is C24H27ClN4O2. The molecule has 0 aliphatic carbocycles. The Labute approximate surface area is 187 Å². The first-order chi connectivity index (χ1) is 15.2. The zero-order valence-electron chi connectivity index (χ0n) is 17.5. The summed E-state index contributed by atoms with van der Waals surface area (Å²) in [5.41, 5.74) is 3.46. The summed E-state index contributed by atoms with van der Waals surface area (Å²) in [5.74, 6) is 0.0877. The summed E-state index contributed by atoms with van der Waals surface area (Å²) in [6.45, 7) is 5.32. The fraction of sp³-hybridized carbons (Fsp3) is 0.417. The Hall–Kier alpha value is -2.41. The Kier molecular flexibility index (Phi) is 5.94. The molecular weight excluding hydrogens is 412 g/mol. The Bertz CT molecular complexity index is 1060. The molecule has 0 saturated carbocycles. The summed E-state index contributed by atoms with van der Waals surface area (Å²) >= 11 is 6.03. The van der Waals surface area contributed by atoms with Gasteiger partial charge in [0.05, 0.1) is 17.1 Å². The highest BCUT2D eigenvalue weighted by Gasteiger charge is 2.24. The van der Waals surface area contributed by atoms with Crippen molar-refractivity contribution in [3.63, 3.8) is 0 Å². The van der Waals surface area contributed by atoms with E-state index in [4.69, 9.17) is 16.3 Å². The molecule has 7 heteroatoms. The minimum atomic E-state index is 0.0877. The summed E-state index contributed by atoms with van der Waals surface area (Å²) in [6, 6.07) is 13.4. The van der Waals surface area contributed by atoms with Crippen LogP contribution in [0.5, 0.6) is 0 Å². The van der Waals surface area contributed by atoms with E-state index in [1.165, 1.54) is 0 Å². The van der Waals surface area contributed by atoms with Gasteiger partial charge in [-0.3, -0.25) is 14.3 Å². The van der Waals surface area contributed by atoms with E-state index in [0.29, 0.717) is 16.7 Å². The highest BCUT2D eigenvalue weighted by Crippen LogP contribution is 2.22. The maximum Gasteiger partial charge on any atom is 0.253 e. The van der Waals surface area contributed by atoms with Gasteiger partial charge in [0.15, 0.2) is 0 Å². The van der Waals surface area contributed by atoms with Crippen molar-refractivity contribution in [2.45, 2.75) is 25.4 Å². The van der Waals surface area contributed by atoms with Crippen LogP contribution in [0.4, 0.5) is 0 Å². The molecule has 2 aliphatic rings. The monoisotopic (exact) mass is 438 g/mol. The average Bonchev–Trinajstić information content (AvgIpc) is 3.39. The Morgan fingerprint density at radius 2 is 1.94 bits per heavy atom. The molecule has 0 spiro atoms. The molecule has 5 rings (SSSR count). The van der Waals surface area contributed by atoms with Gasteiger partial charge < -0.3 is 9.64 Å². The lowest BCUT2D eigenvalue weighted by Gasteiger charge is -2.24. The largest absolute Gasteiger partial charge is 0.377 e. The van der Waals surface area contributed by atoms with E-state index in [0.717, 1.165) is 75.3 Å². The smallest absolute Gasteiger partial charge is 0.253 e. The SMILES string of the molecule is O=C(c1ccc2ncn(-c3ccc(Cl)cc3)c2c1)N1CCCN(CC2CCCO2)CC1. The number of fused-ring (bicyclic) bond motifs is 1. The van der Waals surface area contributed by atoms with Gasteiger partial charge in [0.2, 0.25) is 0 Å². The molecule has 31 heavy (non-hydrogen) atoms. The molecule has 3 heterocycles. The van der Waals surface area contributed by atoms with Crippen molar-refractivity contribution < 1.29 is 9.53 Å². The fourth-order valence-corrected chi connectivity index (χ4v) is 4.69. The normalized spacial score (nSPS) is 20.3. The van der Waals surface area contributed by atoms with Gasteiger partial charge in [-0.1, -0.05) is 11.6 Å². The number of hydrogen-bond donors (Lipinski definition) is 0. The third-order valence-corrected chi connectivity index (χ3v) is 6.51. The number of nitrogens with zero attached hydrogens (tertiary/aromatic N) is 4.